The summed E-state index contributed by atoms with van der Waals surface area (Å²) in [5, 5.41) is 14.1. The highest BCUT2D eigenvalue weighted by atomic mass is 19.1. The molecule has 20 heavy (non-hydrogen) atoms. The molecule has 6 heteroatoms. The van der Waals surface area contributed by atoms with E-state index >= 15 is 0 Å². The van der Waals surface area contributed by atoms with Crippen molar-refractivity contribution >= 4 is 0 Å². The molecule has 0 atom stereocenters. The average Bonchev–Trinajstić information content (AvgIpc) is 3.06. The number of nitrogens with zero attached hydrogens (tertiary/aromatic N) is 2. The van der Waals surface area contributed by atoms with Crippen molar-refractivity contribution in [1.82, 2.24) is 10.1 Å². The molecule has 1 aromatic heterocycles. The molecule has 1 aliphatic rings. The quantitative estimate of drug-likeness (QED) is 0.930. The van der Waals surface area contributed by atoms with Crippen LogP contribution in [0, 0.1) is 5.82 Å². The van der Waals surface area contributed by atoms with Gasteiger partial charge in [0.05, 0.1) is 0 Å². The summed E-state index contributed by atoms with van der Waals surface area (Å²) in [5.74, 6) is 0.616. The number of rotatable bonds is 4. The normalized spacial score (nSPS) is 17.3. The van der Waals surface area contributed by atoms with Crippen molar-refractivity contribution in [3.8, 4) is 5.75 Å². The number of benzene rings is 1. The molecule has 1 fully saturated rings. The van der Waals surface area contributed by atoms with Crippen molar-refractivity contribution < 1.29 is 18.8 Å². The van der Waals surface area contributed by atoms with Crippen LogP contribution in [0.1, 0.15) is 37.4 Å². The summed E-state index contributed by atoms with van der Waals surface area (Å²) in [5.41, 5.74) is -0.996. The second-order valence-electron chi connectivity index (χ2n) is 5.00. The second kappa shape index (κ2) is 5.20. The van der Waals surface area contributed by atoms with Crippen molar-refractivity contribution in [2.75, 3.05) is 0 Å². The third-order valence-electron chi connectivity index (χ3n) is 3.46. The molecule has 0 radical (unpaired) electrons. The maximum atomic E-state index is 13.0. The van der Waals surface area contributed by atoms with Crippen molar-refractivity contribution in [2.45, 2.75) is 37.9 Å². The highest BCUT2D eigenvalue weighted by Gasteiger charge is 2.38. The van der Waals surface area contributed by atoms with Gasteiger partial charge in [-0.15, -0.1) is 0 Å². The zero-order valence-electron chi connectivity index (χ0n) is 10.9. The highest BCUT2D eigenvalue weighted by Crippen LogP contribution is 2.37. The molecule has 0 bridgehead atoms. The maximum Gasteiger partial charge on any atom is 0.258 e. The lowest BCUT2D eigenvalue weighted by molar-refractivity contribution is 0.0112. The minimum absolute atomic E-state index is 0.0725. The average molecular weight is 278 g/mol. The summed E-state index contributed by atoms with van der Waals surface area (Å²) in [6, 6.07) is 5.84. The van der Waals surface area contributed by atoms with Gasteiger partial charge in [-0.25, -0.2) is 4.39 Å². The Morgan fingerprint density at radius 2 is 2.15 bits per heavy atom. The summed E-state index contributed by atoms with van der Waals surface area (Å²) < 4.78 is 23.5. The van der Waals surface area contributed by atoms with Crippen LogP contribution in [-0.4, -0.2) is 15.2 Å². The predicted molar refractivity (Wildman–Crippen MR) is 67.4 cm³/mol. The van der Waals surface area contributed by atoms with E-state index in [0.29, 0.717) is 24.4 Å². The van der Waals surface area contributed by atoms with Crippen LogP contribution in [0.15, 0.2) is 28.8 Å². The van der Waals surface area contributed by atoms with Crippen LogP contribution in [0.25, 0.3) is 0 Å². The molecule has 0 saturated heterocycles. The van der Waals surface area contributed by atoms with E-state index in [-0.39, 0.29) is 18.3 Å². The first kappa shape index (κ1) is 13.1. The van der Waals surface area contributed by atoms with Crippen LogP contribution in [0.2, 0.25) is 0 Å². The topological polar surface area (TPSA) is 68.4 Å². The number of halogens is 1. The lowest BCUT2D eigenvalue weighted by Crippen LogP contribution is -2.21. The van der Waals surface area contributed by atoms with Gasteiger partial charge in [-0.2, -0.15) is 4.98 Å². The fourth-order valence-electron chi connectivity index (χ4n) is 2.38. The van der Waals surface area contributed by atoms with E-state index in [2.05, 4.69) is 10.1 Å². The summed E-state index contributed by atoms with van der Waals surface area (Å²) in [7, 11) is 0. The molecule has 1 aliphatic carbocycles. The Labute approximate surface area is 115 Å². The lowest BCUT2D eigenvalue weighted by atomic mass is 10.0. The molecule has 106 valence electrons. The standard InChI is InChI=1S/C14H15FN2O3/c15-10-4-3-5-11(8-10)19-9-12-16-13(20-17-12)14(18)6-1-2-7-14/h3-5,8,18H,1-2,6-7,9H2. The van der Waals surface area contributed by atoms with E-state index in [1.807, 2.05) is 0 Å². The van der Waals surface area contributed by atoms with E-state index in [1.54, 1.807) is 12.1 Å². The van der Waals surface area contributed by atoms with Crippen LogP contribution < -0.4 is 4.74 Å². The largest absolute Gasteiger partial charge is 0.485 e. The van der Waals surface area contributed by atoms with E-state index in [1.165, 1.54) is 12.1 Å². The van der Waals surface area contributed by atoms with Crippen molar-refractivity contribution in [2.24, 2.45) is 0 Å². The van der Waals surface area contributed by atoms with Crippen molar-refractivity contribution in [3.05, 3.63) is 41.8 Å². The summed E-state index contributed by atoms with van der Waals surface area (Å²) in [6.45, 7) is 0.0725. The molecule has 0 spiro atoms. The van der Waals surface area contributed by atoms with E-state index in [0.717, 1.165) is 12.8 Å². The molecular weight excluding hydrogens is 263 g/mol. The monoisotopic (exact) mass is 278 g/mol. The zero-order valence-corrected chi connectivity index (χ0v) is 10.9. The molecule has 1 heterocycles. The van der Waals surface area contributed by atoms with Crippen LogP contribution in [0.3, 0.4) is 0 Å². The summed E-state index contributed by atoms with van der Waals surface area (Å²) in [4.78, 5) is 4.15. The van der Waals surface area contributed by atoms with E-state index in [4.69, 9.17) is 9.26 Å². The minimum atomic E-state index is -0.996. The first-order valence-electron chi connectivity index (χ1n) is 6.59. The Morgan fingerprint density at radius 1 is 1.35 bits per heavy atom. The Balaban J connectivity index is 1.65. The van der Waals surface area contributed by atoms with Gasteiger partial charge in [0.1, 0.15) is 17.2 Å². The van der Waals surface area contributed by atoms with Crippen LogP contribution in [0.5, 0.6) is 5.75 Å². The number of aliphatic hydroxyl groups is 1. The summed E-state index contributed by atoms with van der Waals surface area (Å²) >= 11 is 0. The van der Waals surface area contributed by atoms with Gasteiger partial charge in [0.2, 0.25) is 5.82 Å². The highest BCUT2D eigenvalue weighted by molar-refractivity contribution is 5.22. The van der Waals surface area contributed by atoms with Gasteiger partial charge in [-0.1, -0.05) is 11.2 Å². The van der Waals surface area contributed by atoms with Gasteiger partial charge in [0.15, 0.2) is 6.61 Å². The van der Waals surface area contributed by atoms with Crippen LogP contribution >= 0.6 is 0 Å². The number of hydrogen-bond donors (Lipinski definition) is 1. The van der Waals surface area contributed by atoms with E-state index in [9.17, 15) is 9.50 Å². The smallest absolute Gasteiger partial charge is 0.258 e. The van der Waals surface area contributed by atoms with Gasteiger partial charge >= 0.3 is 0 Å². The molecule has 0 amide bonds. The van der Waals surface area contributed by atoms with Crippen molar-refractivity contribution in [3.63, 3.8) is 0 Å². The second-order valence-corrected chi connectivity index (χ2v) is 5.00. The fourth-order valence-corrected chi connectivity index (χ4v) is 2.38. The van der Waals surface area contributed by atoms with Crippen LogP contribution in [0.4, 0.5) is 4.39 Å². The first-order chi connectivity index (χ1) is 9.66. The Kier molecular flexibility index (Phi) is 3.40. The van der Waals surface area contributed by atoms with Gasteiger partial charge < -0.3 is 14.4 Å². The number of aromatic nitrogens is 2. The molecule has 5 nitrogen and oxygen atoms in total. The predicted octanol–water partition coefficient (Wildman–Crippen LogP) is 2.55. The Morgan fingerprint density at radius 3 is 2.90 bits per heavy atom. The molecule has 1 aromatic carbocycles. The summed E-state index contributed by atoms with van der Waals surface area (Å²) in [6.07, 6.45) is 3.18. The molecule has 0 unspecified atom stereocenters. The fraction of sp³-hybridized carbons (Fsp3) is 0.429. The third-order valence-corrected chi connectivity index (χ3v) is 3.46. The van der Waals surface area contributed by atoms with Gasteiger partial charge in [-0.3, -0.25) is 0 Å². The lowest BCUT2D eigenvalue weighted by Gasteiger charge is -2.15. The molecule has 0 aliphatic heterocycles. The van der Waals surface area contributed by atoms with Gasteiger partial charge in [0, 0.05) is 6.07 Å². The molecular formula is C14H15FN2O3. The number of ether oxygens (including phenoxy) is 1. The maximum absolute atomic E-state index is 13.0. The van der Waals surface area contributed by atoms with E-state index < -0.39 is 5.60 Å². The molecule has 1 saturated carbocycles. The minimum Gasteiger partial charge on any atom is -0.485 e. The van der Waals surface area contributed by atoms with Crippen LogP contribution in [-0.2, 0) is 12.2 Å². The van der Waals surface area contributed by atoms with Crippen molar-refractivity contribution in [1.29, 1.82) is 0 Å². The van der Waals surface area contributed by atoms with Gasteiger partial charge in [-0.05, 0) is 37.8 Å². The number of hydrogen-bond acceptors (Lipinski definition) is 5. The molecule has 3 rings (SSSR count). The SMILES string of the molecule is OC1(c2nc(COc3cccc(F)c3)no2)CCCC1. The molecule has 1 N–H and O–H groups in total. The Bertz CT molecular complexity index is 594. The zero-order chi connectivity index (χ0) is 14.0. The first-order valence-corrected chi connectivity index (χ1v) is 6.59. The third kappa shape index (κ3) is 2.65. The van der Waals surface area contributed by atoms with Gasteiger partial charge in [0.25, 0.3) is 5.89 Å². The Hall–Kier alpha value is -1.95. The molecule has 2 aromatic rings.